The van der Waals surface area contributed by atoms with Gasteiger partial charge in [0.25, 0.3) is 0 Å². The smallest absolute Gasteiger partial charge is 0.0667 e. The predicted molar refractivity (Wildman–Crippen MR) is 317 cm³/mol. The van der Waals surface area contributed by atoms with Crippen LogP contribution in [-0.4, -0.2) is 96.3 Å². The zero-order valence-corrected chi connectivity index (χ0v) is 47.9. The Bertz CT molecular complexity index is 1160. The molecular formula is C65H123N3O3. The Labute approximate surface area is 443 Å². The van der Waals surface area contributed by atoms with Crippen molar-refractivity contribution in [1.82, 2.24) is 15.1 Å². The van der Waals surface area contributed by atoms with Gasteiger partial charge in [0.1, 0.15) is 0 Å². The fraction of sp³-hybridized carbons (Fsp3) is 0.815. The minimum atomic E-state index is -0.372. The average molecular weight is 995 g/mol. The van der Waals surface area contributed by atoms with Gasteiger partial charge in [0.05, 0.1) is 18.3 Å². The van der Waals surface area contributed by atoms with E-state index in [1.807, 2.05) is 0 Å². The fourth-order valence-corrected chi connectivity index (χ4v) is 9.20. The molecule has 3 atom stereocenters. The number of unbranched alkanes of at least 4 members (excludes halogenated alkanes) is 27. The molecule has 0 aromatic carbocycles. The summed E-state index contributed by atoms with van der Waals surface area (Å²) in [5.74, 6) is 0. The Morgan fingerprint density at radius 2 is 0.634 bits per heavy atom. The van der Waals surface area contributed by atoms with Gasteiger partial charge in [-0.2, -0.15) is 0 Å². The number of hydrogen-bond acceptors (Lipinski definition) is 6. The maximum atomic E-state index is 11.1. The average Bonchev–Trinajstić information content (AvgIpc) is 3.36. The quantitative estimate of drug-likeness (QED) is 0.0359. The molecule has 0 fully saturated rings. The molecule has 0 rings (SSSR count). The van der Waals surface area contributed by atoms with Crippen LogP contribution in [0.3, 0.4) is 0 Å². The first kappa shape index (κ1) is 69.2. The lowest BCUT2D eigenvalue weighted by Gasteiger charge is -2.29. The Kier molecular flexibility index (Phi) is 57.6. The molecule has 4 N–H and O–H groups in total. The van der Waals surface area contributed by atoms with Crippen LogP contribution in [0.15, 0.2) is 72.9 Å². The monoisotopic (exact) mass is 994 g/mol. The predicted octanol–water partition coefficient (Wildman–Crippen LogP) is 17.5. The number of hydrogen-bond donors (Lipinski definition) is 4. The van der Waals surface area contributed by atoms with Gasteiger partial charge in [0, 0.05) is 45.8 Å². The molecule has 0 radical (unpaired) electrons. The summed E-state index contributed by atoms with van der Waals surface area (Å²) in [5, 5.41) is 36.4. The number of likely N-dealkylation sites (N-methyl/N-ethyl adjacent to an activating group) is 1. The van der Waals surface area contributed by atoms with Crippen LogP contribution < -0.4 is 5.32 Å². The third-order valence-electron chi connectivity index (χ3n) is 14.0. The van der Waals surface area contributed by atoms with Gasteiger partial charge in [0.15, 0.2) is 0 Å². The first-order chi connectivity index (χ1) is 34.9. The number of allylic oxidation sites excluding steroid dienone is 12. The van der Waals surface area contributed by atoms with Crippen molar-refractivity contribution >= 4 is 0 Å². The molecular weight excluding hydrogens is 871 g/mol. The van der Waals surface area contributed by atoms with Crippen LogP contribution in [0.4, 0.5) is 0 Å². The van der Waals surface area contributed by atoms with E-state index < -0.39 is 0 Å². The topological polar surface area (TPSA) is 79.2 Å². The standard InChI is InChI=1S/C65H123N3O3/c1-5-8-11-14-17-20-23-26-29-32-35-38-41-44-47-50-53-63(69)60-66-56-57-67(4)58-59-68(61-64(70)54-51-48-45-42-39-36-33-30-27-24-21-18-15-12-9-6-2)62-65(71)55-52-49-46-43-40-37-34-31-28-25-22-19-16-13-10-7-3/h26-31,35-40,63-66,69-71H,5-25,32-34,41-62H2,1-4H3/b29-26-,30-27-,31-28-,38-35-,39-36-,40-37-. The van der Waals surface area contributed by atoms with Gasteiger partial charge < -0.3 is 25.5 Å². The van der Waals surface area contributed by atoms with E-state index in [1.54, 1.807) is 0 Å². The SMILES string of the molecule is CCCCCCCC/C=C\C/C=C\CCCCCC(O)CNCCN(C)CCN(CC(O)CCCCC/C=C\C/C=C\CCCCCCCC)CC(O)CCCCC/C=C\C/C=C\CCCCCCCC. The Hall–Kier alpha value is -1.80. The first-order valence-corrected chi connectivity index (χ1v) is 31.0. The van der Waals surface area contributed by atoms with Crippen LogP contribution >= 0.6 is 0 Å². The molecule has 0 aromatic rings. The van der Waals surface area contributed by atoms with Gasteiger partial charge in [-0.15, -0.1) is 0 Å². The highest BCUT2D eigenvalue weighted by Gasteiger charge is 2.17. The van der Waals surface area contributed by atoms with Crippen LogP contribution in [-0.2, 0) is 0 Å². The van der Waals surface area contributed by atoms with Gasteiger partial charge in [-0.1, -0.05) is 229 Å². The van der Waals surface area contributed by atoms with Gasteiger partial charge in [-0.05, 0) is 123 Å². The Morgan fingerprint density at radius 3 is 0.972 bits per heavy atom. The van der Waals surface area contributed by atoms with E-state index in [0.29, 0.717) is 19.6 Å². The minimum absolute atomic E-state index is 0.294. The Balaban J connectivity index is 4.51. The summed E-state index contributed by atoms with van der Waals surface area (Å²) in [7, 11) is 2.16. The molecule has 0 aliphatic carbocycles. The Morgan fingerprint density at radius 1 is 0.338 bits per heavy atom. The molecule has 71 heavy (non-hydrogen) atoms. The van der Waals surface area contributed by atoms with Crippen molar-refractivity contribution in [3.63, 3.8) is 0 Å². The lowest BCUT2D eigenvalue weighted by Crippen LogP contribution is -2.43. The molecule has 0 aliphatic heterocycles. The van der Waals surface area contributed by atoms with Gasteiger partial charge in [-0.25, -0.2) is 0 Å². The molecule has 0 heterocycles. The van der Waals surface area contributed by atoms with Crippen molar-refractivity contribution in [2.75, 3.05) is 52.9 Å². The zero-order valence-electron chi connectivity index (χ0n) is 47.9. The first-order valence-electron chi connectivity index (χ1n) is 31.0. The second-order valence-corrected chi connectivity index (χ2v) is 21.3. The molecule has 6 nitrogen and oxygen atoms in total. The largest absolute Gasteiger partial charge is 0.392 e. The summed E-state index contributed by atoms with van der Waals surface area (Å²) in [5.41, 5.74) is 0. The number of aliphatic hydroxyl groups is 3. The highest BCUT2D eigenvalue weighted by molar-refractivity contribution is 4.94. The highest BCUT2D eigenvalue weighted by Crippen LogP contribution is 2.14. The van der Waals surface area contributed by atoms with Crippen molar-refractivity contribution in [2.45, 2.75) is 289 Å². The molecule has 0 amide bonds. The molecule has 0 aliphatic rings. The molecule has 0 aromatic heterocycles. The lowest BCUT2D eigenvalue weighted by molar-refractivity contribution is 0.0564. The van der Waals surface area contributed by atoms with Crippen LogP contribution in [0, 0.1) is 0 Å². The van der Waals surface area contributed by atoms with Crippen molar-refractivity contribution in [3.05, 3.63) is 72.9 Å². The number of rotatable bonds is 57. The summed E-state index contributed by atoms with van der Waals surface area (Å²) < 4.78 is 0. The van der Waals surface area contributed by atoms with Crippen molar-refractivity contribution in [2.24, 2.45) is 0 Å². The third-order valence-corrected chi connectivity index (χ3v) is 14.0. The minimum Gasteiger partial charge on any atom is -0.392 e. The summed E-state index contributed by atoms with van der Waals surface area (Å²) in [6.07, 6.45) is 74.2. The second-order valence-electron chi connectivity index (χ2n) is 21.3. The summed E-state index contributed by atoms with van der Waals surface area (Å²) in [6, 6.07) is 0. The van der Waals surface area contributed by atoms with Gasteiger partial charge in [0.2, 0.25) is 0 Å². The van der Waals surface area contributed by atoms with Crippen LogP contribution in [0.25, 0.3) is 0 Å². The molecule has 0 saturated carbocycles. The van der Waals surface area contributed by atoms with E-state index in [-0.39, 0.29) is 18.3 Å². The van der Waals surface area contributed by atoms with Crippen molar-refractivity contribution in [1.29, 1.82) is 0 Å². The van der Waals surface area contributed by atoms with E-state index in [4.69, 9.17) is 0 Å². The maximum absolute atomic E-state index is 11.1. The van der Waals surface area contributed by atoms with E-state index in [9.17, 15) is 15.3 Å². The van der Waals surface area contributed by atoms with E-state index >= 15 is 0 Å². The van der Waals surface area contributed by atoms with E-state index in [0.717, 1.165) is 116 Å². The number of nitrogens with zero attached hydrogens (tertiary/aromatic N) is 2. The van der Waals surface area contributed by atoms with Gasteiger partial charge in [-0.3, -0.25) is 4.90 Å². The summed E-state index contributed by atoms with van der Waals surface area (Å²) in [4.78, 5) is 4.64. The molecule has 6 heteroatoms. The molecule has 416 valence electrons. The van der Waals surface area contributed by atoms with Crippen molar-refractivity contribution in [3.8, 4) is 0 Å². The normalized spacial score (nSPS) is 14.0. The second kappa shape index (κ2) is 59.1. The van der Waals surface area contributed by atoms with Crippen LogP contribution in [0.1, 0.15) is 271 Å². The van der Waals surface area contributed by atoms with Crippen molar-refractivity contribution < 1.29 is 15.3 Å². The maximum Gasteiger partial charge on any atom is 0.0667 e. The summed E-state index contributed by atoms with van der Waals surface area (Å²) in [6.45, 7) is 12.2. The third kappa shape index (κ3) is 57.3. The molecule has 0 bridgehead atoms. The summed E-state index contributed by atoms with van der Waals surface area (Å²) >= 11 is 0. The van der Waals surface area contributed by atoms with Crippen LogP contribution in [0.5, 0.6) is 0 Å². The van der Waals surface area contributed by atoms with Gasteiger partial charge >= 0.3 is 0 Å². The van der Waals surface area contributed by atoms with Crippen LogP contribution in [0.2, 0.25) is 0 Å². The van der Waals surface area contributed by atoms with E-state index in [2.05, 4.69) is 116 Å². The number of nitrogens with one attached hydrogen (secondary N) is 1. The lowest BCUT2D eigenvalue weighted by atomic mass is 10.1. The molecule has 0 saturated heterocycles. The number of aliphatic hydroxyl groups excluding tert-OH is 3. The molecule has 0 spiro atoms. The molecule has 3 unspecified atom stereocenters. The fourth-order valence-electron chi connectivity index (χ4n) is 9.20. The van der Waals surface area contributed by atoms with E-state index in [1.165, 1.54) is 161 Å². The highest BCUT2D eigenvalue weighted by atomic mass is 16.3. The zero-order chi connectivity index (χ0) is 51.6.